The number of amides is 2. The molecule has 0 aliphatic heterocycles. The van der Waals surface area contributed by atoms with Crippen molar-refractivity contribution in [2.75, 3.05) is 6.54 Å². The van der Waals surface area contributed by atoms with Crippen LogP contribution in [0.3, 0.4) is 0 Å². The lowest BCUT2D eigenvalue weighted by Crippen LogP contribution is -2.36. The average molecular weight is 342 g/mol. The highest BCUT2D eigenvalue weighted by molar-refractivity contribution is 6.05. The van der Waals surface area contributed by atoms with Gasteiger partial charge in [0.1, 0.15) is 0 Å². The number of nitrogens with two attached hydrogens (primary N) is 1. The van der Waals surface area contributed by atoms with E-state index in [1.807, 2.05) is 13.8 Å². The topological polar surface area (TPSA) is 143 Å². The Balaban J connectivity index is 3.96. The summed E-state index contributed by atoms with van der Waals surface area (Å²) in [6, 6.07) is -1.13. The summed E-state index contributed by atoms with van der Waals surface area (Å²) in [6.45, 7) is 4.19. The Kier molecular flexibility index (Phi) is 11.3. The lowest BCUT2D eigenvalue weighted by molar-refractivity contribution is -0.142. The molecule has 0 saturated heterocycles. The number of nitrogens with zero attached hydrogens (tertiary/aromatic N) is 1. The van der Waals surface area contributed by atoms with E-state index in [-0.39, 0.29) is 18.3 Å². The second-order valence-corrected chi connectivity index (χ2v) is 5.67. The zero-order valence-electron chi connectivity index (χ0n) is 14.4. The molecule has 136 valence electrons. The summed E-state index contributed by atoms with van der Waals surface area (Å²) in [5.74, 6) is -1.44. The van der Waals surface area contributed by atoms with Crippen molar-refractivity contribution < 1.29 is 24.1 Å². The molecule has 3 atom stereocenters. The van der Waals surface area contributed by atoms with Gasteiger partial charge in [-0.05, 0) is 25.2 Å². The van der Waals surface area contributed by atoms with Crippen molar-refractivity contribution in [3.05, 3.63) is 0 Å². The van der Waals surface area contributed by atoms with Gasteiger partial charge in [0, 0.05) is 12.8 Å². The van der Waals surface area contributed by atoms with Crippen LogP contribution in [0.15, 0.2) is 5.10 Å². The molecule has 0 aromatic rings. The number of carbonyl (C=O) groups excluding carboxylic acids is 2. The monoisotopic (exact) mass is 342 g/mol. The summed E-state index contributed by atoms with van der Waals surface area (Å²) in [6.07, 6.45) is 3.10. The fourth-order valence-corrected chi connectivity index (χ4v) is 1.92. The molecular formula is C14H27BN4O5. The third kappa shape index (κ3) is 10.6. The standard InChI is InChI=1S/C14H27BN4O5/c1-3-10(13(21)22)5-4-9(2)7-17-14(23)19-18-8-11(16)6-12(20)24-15/h8-11H,3-7,15-16H2,1-2H3,(H,21,22)(H2,17,19,23)/b18-8+/t9?,10?,11-/m0/s1. The van der Waals surface area contributed by atoms with Gasteiger partial charge in [-0.2, -0.15) is 5.10 Å². The van der Waals surface area contributed by atoms with E-state index in [2.05, 4.69) is 20.5 Å². The Morgan fingerprint density at radius 3 is 2.58 bits per heavy atom. The minimum Gasteiger partial charge on any atom is -0.543 e. The highest BCUT2D eigenvalue weighted by atomic mass is 16.5. The Labute approximate surface area is 142 Å². The predicted molar refractivity (Wildman–Crippen MR) is 92.1 cm³/mol. The zero-order chi connectivity index (χ0) is 18.5. The Hall–Kier alpha value is -2.10. The van der Waals surface area contributed by atoms with Gasteiger partial charge in [-0.25, -0.2) is 10.2 Å². The number of urea groups is 1. The first-order valence-electron chi connectivity index (χ1n) is 7.92. The van der Waals surface area contributed by atoms with E-state index in [9.17, 15) is 14.4 Å². The van der Waals surface area contributed by atoms with Gasteiger partial charge < -0.3 is 20.8 Å². The van der Waals surface area contributed by atoms with E-state index in [0.29, 0.717) is 25.8 Å². The summed E-state index contributed by atoms with van der Waals surface area (Å²) >= 11 is 0. The molecule has 0 heterocycles. The van der Waals surface area contributed by atoms with Crippen LogP contribution in [0.4, 0.5) is 4.79 Å². The number of carboxylic acid groups (broad SMARTS) is 1. The smallest absolute Gasteiger partial charge is 0.335 e. The molecule has 0 spiro atoms. The molecule has 10 heteroatoms. The molecule has 0 fully saturated rings. The fraction of sp³-hybridized carbons (Fsp3) is 0.714. The van der Waals surface area contributed by atoms with Gasteiger partial charge >= 0.3 is 20.0 Å². The third-order valence-corrected chi connectivity index (χ3v) is 3.52. The van der Waals surface area contributed by atoms with Crippen molar-refractivity contribution in [3.63, 3.8) is 0 Å². The van der Waals surface area contributed by atoms with Gasteiger partial charge in [0.05, 0.1) is 18.4 Å². The van der Waals surface area contributed by atoms with Gasteiger partial charge in [0.15, 0.2) is 0 Å². The van der Waals surface area contributed by atoms with Crippen molar-refractivity contribution >= 4 is 32.2 Å². The summed E-state index contributed by atoms with van der Waals surface area (Å²) in [5, 5.41) is 15.3. The van der Waals surface area contributed by atoms with E-state index in [1.165, 1.54) is 14.3 Å². The van der Waals surface area contributed by atoms with Gasteiger partial charge in [0.25, 0.3) is 5.97 Å². The van der Waals surface area contributed by atoms with Crippen molar-refractivity contribution in [1.29, 1.82) is 0 Å². The number of carbonyl (C=O) groups is 3. The normalized spacial score (nSPS) is 14.6. The van der Waals surface area contributed by atoms with E-state index < -0.39 is 24.0 Å². The number of aliphatic carboxylic acids is 1. The molecule has 0 aromatic heterocycles. The molecule has 0 rings (SSSR count). The maximum atomic E-state index is 11.5. The quantitative estimate of drug-likeness (QED) is 0.229. The highest BCUT2D eigenvalue weighted by Gasteiger charge is 2.16. The van der Waals surface area contributed by atoms with Crippen molar-refractivity contribution in [2.45, 2.75) is 45.6 Å². The molecule has 9 nitrogen and oxygen atoms in total. The minimum atomic E-state index is -0.784. The number of rotatable bonds is 11. The highest BCUT2D eigenvalue weighted by Crippen LogP contribution is 2.15. The van der Waals surface area contributed by atoms with Crippen molar-refractivity contribution in [3.8, 4) is 0 Å². The van der Waals surface area contributed by atoms with E-state index >= 15 is 0 Å². The van der Waals surface area contributed by atoms with Crippen LogP contribution in [-0.2, 0) is 14.2 Å². The van der Waals surface area contributed by atoms with Crippen LogP contribution >= 0.6 is 0 Å². The molecule has 24 heavy (non-hydrogen) atoms. The fourth-order valence-electron chi connectivity index (χ4n) is 1.92. The van der Waals surface area contributed by atoms with Gasteiger partial charge in [-0.3, -0.25) is 9.59 Å². The predicted octanol–water partition coefficient (Wildman–Crippen LogP) is -0.393. The summed E-state index contributed by atoms with van der Waals surface area (Å²) in [4.78, 5) is 33.5. The average Bonchev–Trinajstić information content (AvgIpc) is 2.52. The molecule has 0 aliphatic rings. The number of carboxylic acids is 1. The summed E-state index contributed by atoms with van der Waals surface area (Å²) in [5.41, 5.74) is 7.84. The number of nitrogens with one attached hydrogen (secondary N) is 2. The SMILES string of the molecule is BOC(=O)C[C@H](N)/C=N/NC(=O)NCC(C)CCC(CC)C(=O)O. The molecular weight excluding hydrogens is 315 g/mol. The van der Waals surface area contributed by atoms with Crippen LogP contribution in [-0.4, -0.2) is 49.9 Å². The lowest BCUT2D eigenvalue weighted by atomic mass is 9.95. The zero-order valence-corrected chi connectivity index (χ0v) is 14.4. The van der Waals surface area contributed by atoms with Crippen LogP contribution < -0.4 is 16.5 Å². The molecule has 0 saturated carbocycles. The van der Waals surface area contributed by atoms with Crippen LogP contribution in [0.25, 0.3) is 0 Å². The minimum absolute atomic E-state index is 0.0253. The summed E-state index contributed by atoms with van der Waals surface area (Å²) in [7, 11) is 1.26. The van der Waals surface area contributed by atoms with Crippen LogP contribution in [0.5, 0.6) is 0 Å². The first-order chi connectivity index (χ1) is 11.3. The first kappa shape index (κ1) is 21.9. The van der Waals surface area contributed by atoms with E-state index in [0.717, 1.165) is 0 Å². The number of hydrogen-bond acceptors (Lipinski definition) is 6. The Bertz CT molecular complexity index is 447. The van der Waals surface area contributed by atoms with Gasteiger partial charge in [-0.15, -0.1) is 0 Å². The molecule has 0 aliphatic carbocycles. The van der Waals surface area contributed by atoms with E-state index in [1.54, 1.807) is 0 Å². The van der Waals surface area contributed by atoms with Crippen molar-refractivity contribution in [2.24, 2.45) is 22.7 Å². The van der Waals surface area contributed by atoms with Gasteiger partial charge in [-0.1, -0.05) is 13.8 Å². The number of hydrazone groups is 1. The molecule has 0 radical (unpaired) electrons. The van der Waals surface area contributed by atoms with Crippen LogP contribution in [0.2, 0.25) is 0 Å². The molecule has 2 unspecified atom stereocenters. The maximum absolute atomic E-state index is 11.5. The first-order valence-corrected chi connectivity index (χ1v) is 7.92. The molecule has 0 aromatic carbocycles. The Morgan fingerprint density at radius 1 is 1.38 bits per heavy atom. The second-order valence-electron chi connectivity index (χ2n) is 5.67. The van der Waals surface area contributed by atoms with Crippen LogP contribution in [0, 0.1) is 11.8 Å². The molecule has 0 bridgehead atoms. The Morgan fingerprint density at radius 2 is 2.04 bits per heavy atom. The largest absolute Gasteiger partial charge is 0.543 e. The maximum Gasteiger partial charge on any atom is 0.335 e. The third-order valence-electron chi connectivity index (χ3n) is 3.52. The molecule has 2 amide bonds. The summed E-state index contributed by atoms with van der Waals surface area (Å²) < 4.78 is 4.46. The van der Waals surface area contributed by atoms with Crippen LogP contribution in [0.1, 0.15) is 39.5 Å². The second kappa shape index (κ2) is 12.3. The van der Waals surface area contributed by atoms with E-state index in [4.69, 9.17) is 10.8 Å². The molecule has 5 N–H and O–H groups in total. The van der Waals surface area contributed by atoms with Gasteiger partial charge in [0.2, 0.25) is 0 Å². The number of hydrogen-bond donors (Lipinski definition) is 4. The van der Waals surface area contributed by atoms with Crippen molar-refractivity contribution in [1.82, 2.24) is 10.7 Å². The lowest BCUT2D eigenvalue weighted by Gasteiger charge is -2.15.